The van der Waals surface area contributed by atoms with Crippen LogP contribution in [-0.4, -0.2) is 19.9 Å². The number of rotatable bonds is 7. The molecular formula is C48H36N4. The van der Waals surface area contributed by atoms with Crippen molar-refractivity contribution < 1.29 is 0 Å². The molecule has 2 N–H and O–H groups in total. The van der Waals surface area contributed by atoms with E-state index in [1.807, 2.05) is 6.08 Å². The summed E-state index contributed by atoms with van der Waals surface area (Å²) in [5.41, 5.74) is 17.4. The number of nitrogens with one attached hydrogen (secondary N) is 2. The van der Waals surface area contributed by atoms with Gasteiger partial charge in [-0.05, 0) is 83.2 Å². The molecule has 0 amide bonds. The van der Waals surface area contributed by atoms with Gasteiger partial charge < -0.3 is 9.97 Å². The number of aromatic nitrogens is 4. The molecule has 52 heavy (non-hydrogen) atoms. The molecule has 3 aromatic heterocycles. The van der Waals surface area contributed by atoms with Crippen molar-refractivity contribution in [2.24, 2.45) is 0 Å². The lowest BCUT2D eigenvalue weighted by Gasteiger charge is -2.07. The van der Waals surface area contributed by atoms with Crippen LogP contribution in [0.2, 0.25) is 0 Å². The number of hydrogen-bond acceptors (Lipinski definition) is 2. The van der Waals surface area contributed by atoms with Crippen molar-refractivity contribution in [1.29, 1.82) is 0 Å². The van der Waals surface area contributed by atoms with Gasteiger partial charge in [-0.2, -0.15) is 0 Å². The minimum absolute atomic E-state index is 0.833. The van der Waals surface area contributed by atoms with Gasteiger partial charge in [0.25, 0.3) is 0 Å². The van der Waals surface area contributed by atoms with Crippen LogP contribution in [0.3, 0.4) is 0 Å². The number of H-pyrrole nitrogens is 2. The molecule has 0 fully saturated rings. The Morgan fingerprint density at radius 2 is 0.827 bits per heavy atom. The maximum Gasteiger partial charge on any atom is 0.0737 e. The zero-order valence-corrected chi connectivity index (χ0v) is 28.7. The van der Waals surface area contributed by atoms with Gasteiger partial charge in [0, 0.05) is 38.8 Å². The van der Waals surface area contributed by atoms with Crippen LogP contribution in [0.5, 0.6) is 0 Å². The van der Waals surface area contributed by atoms with Crippen molar-refractivity contribution in [3.05, 3.63) is 181 Å². The van der Waals surface area contributed by atoms with E-state index in [1.165, 1.54) is 5.56 Å². The van der Waals surface area contributed by atoms with Gasteiger partial charge in [0.2, 0.25) is 0 Å². The van der Waals surface area contributed by atoms with Crippen LogP contribution in [-0.2, 0) is 6.42 Å². The zero-order chi connectivity index (χ0) is 34.9. The van der Waals surface area contributed by atoms with Gasteiger partial charge in [-0.1, -0.05) is 127 Å². The van der Waals surface area contributed by atoms with Crippen molar-refractivity contribution in [3.63, 3.8) is 0 Å². The van der Waals surface area contributed by atoms with Gasteiger partial charge >= 0.3 is 0 Å². The molecule has 0 saturated heterocycles. The van der Waals surface area contributed by atoms with E-state index in [2.05, 4.69) is 180 Å². The molecule has 4 nitrogen and oxygen atoms in total. The highest BCUT2D eigenvalue weighted by Gasteiger charge is 2.20. The highest BCUT2D eigenvalue weighted by Crippen LogP contribution is 2.39. The summed E-state index contributed by atoms with van der Waals surface area (Å²) in [4.78, 5) is 18.6. The highest BCUT2D eigenvalue weighted by atomic mass is 14.8. The molecule has 0 saturated carbocycles. The lowest BCUT2D eigenvalue weighted by atomic mass is 10.00. The first-order valence-electron chi connectivity index (χ1n) is 17.8. The van der Waals surface area contributed by atoms with Gasteiger partial charge in [-0.3, -0.25) is 0 Å². The Hall–Kier alpha value is -6.78. The van der Waals surface area contributed by atoms with E-state index < -0.39 is 0 Å². The molecule has 5 heterocycles. The average molecular weight is 669 g/mol. The lowest BCUT2D eigenvalue weighted by Crippen LogP contribution is -1.90. The first kappa shape index (κ1) is 31.2. The smallest absolute Gasteiger partial charge is 0.0737 e. The Balaban J connectivity index is 1.51. The van der Waals surface area contributed by atoms with Crippen LogP contribution in [0.4, 0.5) is 0 Å². The number of allylic oxidation sites excluding steroid dienone is 1. The fourth-order valence-electron chi connectivity index (χ4n) is 7.44. The van der Waals surface area contributed by atoms with E-state index in [1.54, 1.807) is 0 Å². The lowest BCUT2D eigenvalue weighted by molar-refractivity contribution is 1.02. The number of nitrogens with zero attached hydrogens (tertiary/aromatic N) is 2. The average Bonchev–Trinajstić information content (AvgIpc) is 4.03. The summed E-state index contributed by atoms with van der Waals surface area (Å²) in [5.74, 6) is 0. The maximum atomic E-state index is 5.45. The standard InChI is InChI=1S/C48H36N4/c1-2-3-16-36-31-43-46(34-21-12-6-13-22-34)41-28-27-39(50-41)44(32-17-8-4-9-18-32)37-25-26-38(49-37)45(33-19-10-5-11-20-33)40-29-30-42(51-40)47(48(36)52-43)35-23-14-7-15-24-35/h2,4-15,17-31,49,52H,1,3,16H2. The van der Waals surface area contributed by atoms with Crippen LogP contribution in [0, 0.1) is 0 Å². The first-order valence-corrected chi connectivity index (χ1v) is 17.8. The molecule has 0 aliphatic carbocycles. The maximum absolute atomic E-state index is 5.45. The minimum atomic E-state index is 0.833. The molecule has 7 aromatic rings. The quantitative estimate of drug-likeness (QED) is 0.166. The predicted octanol–water partition coefficient (Wildman–Crippen LogP) is 12.4. The molecular weight excluding hydrogens is 633 g/mol. The number of benzene rings is 4. The van der Waals surface area contributed by atoms with Crippen LogP contribution in [0.1, 0.15) is 34.8 Å². The molecule has 0 unspecified atom stereocenters. The van der Waals surface area contributed by atoms with Crippen molar-refractivity contribution in [2.75, 3.05) is 0 Å². The third-order valence-electron chi connectivity index (χ3n) is 9.82. The highest BCUT2D eigenvalue weighted by molar-refractivity contribution is 6.00. The van der Waals surface area contributed by atoms with E-state index in [0.717, 1.165) is 102 Å². The fraction of sp³-hybridized carbons (Fsp3) is 0.0417. The van der Waals surface area contributed by atoms with Gasteiger partial charge in [0.15, 0.2) is 0 Å². The minimum Gasteiger partial charge on any atom is -0.354 e. The summed E-state index contributed by atoms with van der Waals surface area (Å²) in [6.45, 7) is 4.07. The molecule has 0 spiro atoms. The number of aryl methyl sites for hydroxylation is 1. The van der Waals surface area contributed by atoms with Crippen molar-refractivity contribution in [1.82, 2.24) is 19.9 Å². The fourth-order valence-corrected chi connectivity index (χ4v) is 7.44. The molecule has 248 valence electrons. The molecule has 4 aromatic carbocycles. The van der Waals surface area contributed by atoms with Gasteiger partial charge in [0.1, 0.15) is 0 Å². The molecule has 0 radical (unpaired) electrons. The predicted molar refractivity (Wildman–Crippen MR) is 219 cm³/mol. The summed E-state index contributed by atoms with van der Waals surface area (Å²) in [5, 5.41) is 0. The van der Waals surface area contributed by atoms with Crippen molar-refractivity contribution in [3.8, 4) is 44.5 Å². The monoisotopic (exact) mass is 668 g/mol. The Morgan fingerprint density at radius 3 is 1.25 bits per heavy atom. The Bertz CT molecular complexity index is 2660. The van der Waals surface area contributed by atoms with E-state index in [0.29, 0.717) is 0 Å². The molecule has 2 aliphatic rings. The second-order valence-corrected chi connectivity index (χ2v) is 13.1. The second kappa shape index (κ2) is 13.5. The van der Waals surface area contributed by atoms with Gasteiger partial charge in [-0.25, -0.2) is 9.97 Å². The third kappa shape index (κ3) is 5.70. The molecule has 4 heteroatoms. The molecule has 2 aliphatic heterocycles. The number of fused-ring (bicyclic) bond motifs is 8. The topological polar surface area (TPSA) is 57.4 Å². The van der Waals surface area contributed by atoms with E-state index in [4.69, 9.17) is 9.97 Å². The van der Waals surface area contributed by atoms with Crippen LogP contribution in [0.15, 0.2) is 152 Å². The van der Waals surface area contributed by atoms with Gasteiger partial charge in [0.05, 0.1) is 28.3 Å². The molecule has 9 rings (SSSR count). The summed E-state index contributed by atoms with van der Waals surface area (Å²) in [6, 6.07) is 48.9. The number of aromatic amines is 2. The van der Waals surface area contributed by atoms with Crippen molar-refractivity contribution >= 4 is 46.4 Å². The SMILES string of the molecule is C=CCCc1cc2[nH]c1c(-c1ccccc1)c1nc(c(-c3ccccc3)c3ccc([nH]3)c(-c3ccccc3)c3nc(c2-c2ccccc2)C=C3)C=C1. The van der Waals surface area contributed by atoms with E-state index in [9.17, 15) is 0 Å². The van der Waals surface area contributed by atoms with Crippen LogP contribution >= 0.6 is 0 Å². The number of hydrogen-bond donors (Lipinski definition) is 2. The largest absolute Gasteiger partial charge is 0.354 e. The summed E-state index contributed by atoms with van der Waals surface area (Å²) in [6.07, 6.45) is 12.3. The normalized spacial score (nSPS) is 11.9. The molecule has 0 atom stereocenters. The third-order valence-corrected chi connectivity index (χ3v) is 9.82. The van der Waals surface area contributed by atoms with Crippen LogP contribution in [0.25, 0.3) is 90.9 Å². The van der Waals surface area contributed by atoms with Crippen LogP contribution < -0.4 is 0 Å². The summed E-state index contributed by atoms with van der Waals surface area (Å²) in [7, 11) is 0. The van der Waals surface area contributed by atoms with Gasteiger partial charge in [-0.15, -0.1) is 6.58 Å². The summed E-state index contributed by atoms with van der Waals surface area (Å²) >= 11 is 0. The summed E-state index contributed by atoms with van der Waals surface area (Å²) < 4.78 is 0. The second-order valence-electron chi connectivity index (χ2n) is 13.1. The van der Waals surface area contributed by atoms with E-state index in [-0.39, 0.29) is 0 Å². The first-order chi connectivity index (χ1) is 25.7. The Morgan fingerprint density at radius 1 is 0.442 bits per heavy atom. The van der Waals surface area contributed by atoms with E-state index >= 15 is 0 Å². The van der Waals surface area contributed by atoms with Crippen molar-refractivity contribution in [2.45, 2.75) is 12.8 Å². The Kier molecular flexibility index (Phi) is 8.11. The molecule has 8 bridgehead atoms. The zero-order valence-electron chi connectivity index (χ0n) is 28.7. The Labute approximate surface area is 303 Å².